The monoisotopic (exact) mass is 345 g/mol. The molecule has 4 rings (SSSR count). The lowest BCUT2D eigenvalue weighted by atomic mass is 9.77. The molecule has 2 aromatic carbocycles. The standard InChI is InChI=1S/C19H17Cl2NO/c1-23-17-8-3-2-5-14(17)19-13-7-4-6-12(13)18-15(21)9-11(20)10-16(18)22-19/h2-6,8-10,12-13,19,22H,7H2,1H3/t12-,13-,19-/m1/s1. The van der Waals surface area contributed by atoms with Gasteiger partial charge in [0, 0.05) is 32.8 Å². The SMILES string of the molecule is COc1ccccc1[C@@H]1Nc2cc(Cl)cc(Cl)c2[C@@H]2C=CC[C@H]21. The molecule has 3 atom stereocenters. The lowest BCUT2D eigenvalue weighted by Crippen LogP contribution is -2.29. The minimum Gasteiger partial charge on any atom is -0.496 e. The Kier molecular flexibility index (Phi) is 3.74. The molecule has 0 amide bonds. The molecule has 1 N–H and O–H groups in total. The van der Waals surface area contributed by atoms with E-state index in [2.05, 4.69) is 29.6 Å². The summed E-state index contributed by atoms with van der Waals surface area (Å²) in [6, 6.07) is 12.2. The first-order chi connectivity index (χ1) is 11.2. The predicted molar refractivity (Wildman–Crippen MR) is 95.8 cm³/mol. The van der Waals surface area contributed by atoms with E-state index < -0.39 is 0 Å². The van der Waals surface area contributed by atoms with Crippen LogP contribution in [0.5, 0.6) is 5.75 Å². The Morgan fingerprint density at radius 1 is 1.17 bits per heavy atom. The average Bonchev–Trinajstić information content (AvgIpc) is 3.02. The number of hydrogen-bond donors (Lipinski definition) is 1. The highest BCUT2D eigenvalue weighted by atomic mass is 35.5. The maximum Gasteiger partial charge on any atom is 0.124 e. The normalized spacial score (nSPS) is 24.7. The zero-order chi connectivity index (χ0) is 16.0. The Morgan fingerprint density at radius 2 is 2.00 bits per heavy atom. The molecular formula is C19H17Cl2NO. The van der Waals surface area contributed by atoms with Crippen molar-refractivity contribution in [3.05, 3.63) is 69.7 Å². The van der Waals surface area contributed by atoms with Gasteiger partial charge in [-0.2, -0.15) is 0 Å². The smallest absolute Gasteiger partial charge is 0.124 e. The summed E-state index contributed by atoms with van der Waals surface area (Å²) in [5, 5.41) is 5.04. The molecule has 0 saturated heterocycles. The molecule has 1 aliphatic carbocycles. The molecule has 0 spiro atoms. The van der Waals surface area contributed by atoms with Crippen molar-refractivity contribution in [2.45, 2.75) is 18.4 Å². The van der Waals surface area contributed by atoms with Crippen molar-refractivity contribution in [2.24, 2.45) is 5.92 Å². The molecule has 2 aliphatic rings. The van der Waals surface area contributed by atoms with Gasteiger partial charge >= 0.3 is 0 Å². The molecule has 0 aromatic heterocycles. The average molecular weight is 346 g/mol. The van der Waals surface area contributed by atoms with Crippen molar-refractivity contribution in [1.29, 1.82) is 0 Å². The topological polar surface area (TPSA) is 21.3 Å². The fourth-order valence-corrected chi connectivity index (χ4v) is 4.49. The van der Waals surface area contributed by atoms with Crippen molar-refractivity contribution in [1.82, 2.24) is 0 Å². The van der Waals surface area contributed by atoms with Crippen LogP contribution in [0.25, 0.3) is 0 Å². The van der Waals surface area contributed by atoms with Gasteiger partial charge in [-0.3, -0.25) is 0 Å². The first-order valence-electron chi connectivity index (χ1n) is 7.74. The summed E-state index contributed by atoms with van der Waals surface area (Å²) in [5.41, 5.74) is 3.35. The van der Waals surface area contributed by atoms with E-state index in [0.29, 0.717) is 16.9 Å². The molecule has 0 radical (unpaired) electrons. The molecule has 1 aliphatic heterocycles. The molecule has 2 nitrogen and oxygen atoms in total. The van der Waals surface area contributed by atoms with Crippen LogP contribution >= 0.6 is 23.2 Å². The number of anilines is 1. The third-order valence-electron chi connectivity index (χ3n) is 4.85. The Bertz CT molecular complexity index is 787. The van der Waals surface area contributed by atoms with Gasteiger partial charge in [0.25, 0.3) is 0 Å². The van der Waals surface area contributed by atoms with Gasteiger partial charge < -0.3 is 10.1 Å². The Labute approximate surface area is 146 Å². The molecular weight excluding hydrogens is 329 g/mol. The van der Waals surface area contributed by atoms with Crippen molar-refractivity contribution in [2.75, 3.05) is 12.4 Å². The van der Waals surface area contributed by atoms with Crippen molar-refractivity contribution in [3.8, 4) is 5.75 Å². The van der Waals surface area contributed by atoms with E-state index in [9.17, 15) is 0 Å². The second-order valence-electron chi connectivity index (χ2n) is 6.07. The number of fused-ring (bicyclic) bond motifs is 3. The molecule has 118 valence electrons. The number of nitrogens with one attached hydrogen (secondary N) is 1. The first kappa shape index (κ1) is 14.9. The number of para-hydroxylation sites is 1. The molecule has 0 bridgehead atoms. The van der Waals surface area contributed by atoms with Gasteiger partial charge in [0.1, 0.15) is 5.75 Å². The highest BCUT2D eigenvalue weighted by Gasteiger charge is 2.40. The summed E-state index contributed by atoms with van der Waals surface area (Å²) in [7, 11) is 1.72. The molecule has 0 unspecified atom stereocenters. The fourth-order valence-electron chi connectivity index (χ4n) is 3.87. The highest BCUT2D eigenvalue weighted by Crippen LogP contribution is 2.53. The van der Waals surface area contributed by atoms with Crippen molar-refractivity contribution >= 4 is 28.9 Å². The lowest BCUT2D eigenvalue weighted by Gasteiger charge is -2.38. The maximum absolute atomic E-state index is 6.48. The molecule has 2 aromatic rings. The minimum atomic E-state index is 0.174. The molecule has 0 fully saturated rings. The largest absolute Gasteiger partial charge is 0.496 e. The van der Waals surface area contributed by atoms with Crippen LogP contribution in [-0.4, -0.2) is 7.11 Å². The van der Waals surface area contributed by atoms with Gasteiger partial charge in [-0.05, 0) is 30.5 Å². The van der Waals surface area contributed by atoms with Crippen LogP contribution in [0.1, 0.15) is 29.5 Å². The van der Waals surface area contributed by atoms with E-state index in [1.54, 1.807) is 7.11 Å². The highest BCUT2D eigenvalue weighted by molar-refractivity contribution is 6.35. The van der Waals surface area contributed by atoms with Crippen LogP contribution in [-0.2, 0) is 0 Å². The van der Waals surface area contributed by atoms with E-state index in [1.165, 1.54) is 5.56 Å². The number of rotatable bonds is 2. The predicted octanol–water partition coefficient (Wildman–Crippen LogP) is 5.83. The van der Waals surface area contributed by atoms with E-state index in [0.717, 1.165) is 28.4 Å². The summed E-state index contributed by atoms with van der Waals surface area (Å²) in [6.07, 6.45) is 5.55. The number of halogens is 2. The Hall–Kier alpha value is -1.64. The van der Waals surface area contributed by atoms with Crippen LogP contribution in [0.15, 0.2) is 48.6 Å². The van der Waals surface area contributed by atoms with Gasteiger partial charge in [0.2, 0.25) is 0 Å². The summed E-state index contributed by atoms with van der Waals surface area (Å²) < 4.78 is 5.57. The number of hydrogen-bond acceptors (Lipinski definition) is 2. The van der Waals surface area contributed by atoms with Crippen LogP contribution in [0.4, 0.5) is 5.69 Å². The second-order valence-corrected chi connectivity index (χ2v) is 6.91. The molecule has 23 heavy (non-hydrogen) atoms. The fraction of sp³-hybridized carbons (Fsp3) is 0.263. The quantitative estimate of drug-likeness (QED) is 0.691. The van der Waals surface area contributed by atoms with Crippen LogP contribution in [0, 0.1) is 5.92 Å². The van der Waals surface area contributed by atoms with Gasteiger partial charge in [-0.25, -0.2) is 0 Å². The van der Waals surface area contributed by atoms with Gasteiger partial charge in [0.15, 0.2) is 0 Å². The third-order valence-corrected chi connectivity index (χ3v) is 5.38. The van der Waals surface area contributed by atoms with Gasteiger partial charge in [0.05, 0.1) is 13.2 Å². The maximum atomic E-state index is 6.48. The lowest BCUT2D eigenvalue weighted by molar-refractivity contribution is 0.381. The number of benzene rings is 2. The summed E-state index contributed by atoms with van der Waals surface area (Å²) in [4.78, 5) is 0. The van der Waals surface area contributed by atoms with Crippen molar-refractivity contribution < 1.29 is 4.74 Å². The molecule has 0 saturated carbocycles. The van der Waals surface area contributed by atoms with Crippen LogP contribution in [0.2, 0.25) is 10.0 Å². The van der Waals surface area contributed by atoms with Gasteiger partial charge in [-0.1, -0.05) is 53.6 Å². The first-order valence-corrected chi connectivity index (χ1v) is 8.49. The number of ether oxygens (including phenoxy) is 1. The van der Waals surface area contributed by atoms with Gasteiger partial charge in [-0.15, -0.1) is 0 Å². The molecule has 4 heteroatoms. The summed E-state index contributed by atoms with van der Waals surface area (Å²) >= 11 is 12.7. The van der Waals surface area contributed by atoms with E-state index in [-0.39, 0.29) is 6.04 Å². The van der Waals surface area contributed by atoms with E-state index in [4.69, 9.17) is 27.9 Å². The number of allylic oxidation sites excluding steroid dienone is 2. The summed E-state index contributed by atoms with van der Waals surface area (Å²) in [6.45, 7) is 0. The molecule has 1 heterocycles. The zero-order valence-electron chi connectivity index (χ0n) is 12.7. The Balaban J connectivity index is 1.85. The summed E-state index contributed by atoms with van der Waals surface area (Å²) in [5.74, 6) is 1.65. The second kappa shape index (κ2) is 5.77. The Morgan fingerprint density at radius 3 is 2.83 bits per heavy atom. The van der Waals surface area contributed by atoms with Crippen LogP contribution in [0.3, 0.4) is 0 Å². The zero-order valence-corrected chi connectivity index (χ0v) is 14.2. The number of methoxy groups -OCH3 is 1. The minimum absolute atomic E-state index is 0.174. The van der Waals surface area contributed by atoms with E-state index in [1.807, 2.05) is 24.3 Å². The van der Waals surface area contributed by atoms with Crippen LogP contribution < -0.4 is 10.1 Å². The third kappa shape index (κ3) is 2.41. The van der Waals surface area contributed by atoms with E-state index >= 15 is 0 Å². The van der Waals surface area contributed by atoms with Crippen molar-refractivity contribution in [3.63, 3.8) is 0 Å².